The van der Waals surface area contributed by atoms with E-state index in [-0.39, 0.29) is 34.5 Å². The van der Waals surface area contributed by atoms with E-state index in [2.05, 4.69) is 10.6 Å². The van der Waals surface area contributed by atoms with Crippen molar-refractivity contribution in [3.8, 4) is 5.75 Å². The van der Waals surface area contributed by atoms with Crippen LogP contribution in [0.5, 0.6) is 5.75 Å². The number of nitrogens with two attached hydrogens (primary N) is 1. The lowest BCUT2D eigenvalue weighted by Gasteiger charge is -2.58. The summed E-state index contributed by atoms with van der Waals surface area (Å²) in [5.41, 5.74) is 5.62. The Bertz CT molecular complexity index is 1200. The molecule has 0 unspecified atom stereocenters. The highest BCUT2D eigenvalue weighted by Crippen LogP contribution is 2.50. The number of carbonyl (C=O) groups excluding carboxylic acids is 1. The van der Waals surface area contributed by atoms with Gasteiger partial charge in [0.05, 0.1) is 24.3 Å². The van der Waals surface area contributed by atoms with Gasteiger partial charge in [0.2, 0.25) is 0 Å². The molecule has 0 amide bonds. The van der Waals surface area contributed by atoms with Gasteiger partial charge in [-0.25, -0.2) is 8.78 Å². The number of likely N-dealkylation sites (tertiary alicyclic amines) is 1. The molecular weight excluding hydrogens is 471 g/mol. The number of halogens is 3. The Morgan fingerprint density at radius 3 is 2.61 bits per heavy atom. The van der Waals surface area contributed by atoms with E-state index in [1.165, 1.54) is 13.1 Å². The average Bonchev–Trinajstić information content (AvgIpc) is 2.80. The number of nitrogens with one attached hydrogen (secondary N) is 2. The number of aromatic nitrogens is 1. The van der Waals surface area contributed by atoms with Crippen LogP contribution in [0.1, 0.15) is 46.3 Å². The first-order chi connectivity index (χ1) is 17.2. The van der Waals surface area contributed by atoms with E-state index in [0.29, 0.717) is 23.3 Å². The molecule has 1 saturated heterocycles. The second kappa shape index (κ2) is 11.7. The smallest absolute Gasteiger partial charge is 0.333 e. The number of rotatable bonds is 9. The molecule has 2 aromatic rings. The van der Waals surface area contributed by atoms with Crippen molar-refractivity contribution in [2.24, 2.45) is 11.1 Å². The molecule has 2 fully saturated rings. The number of benzene rings is 1. The molecule has 0 radical (unpaired) electrons. The van der Waals surface area contributed by atoms with Crippen molar-refractivity contribution in [3.05, 3.63) is 64.3 Å². The molecule has 0 bridgehead atoms. The normalized spacial score (nSPS) is 16.7. The van der Waals surface area contributed by atoms with Crippen LogP contribution in [0.3, 0.4) is 0 Å². The molecule has 1 aromatic carbocycles. The van der Waals surface area contributed by atoms with Crippen LogP contribution in [0.15, 0.2) is 30.7 Å². The number of hydrogen-bond donors (Lipinski definition) is 3. The lowest BCUT2D eigenvalue weighted by atomic mass is 9.61. The number of carbonyl (C=O) groups is 1. The van der Waals surface area contributed by atoms with Crippen molar-refractivity contribution in [1.82, 2.24) is 9.47 Å². The Kier molecular flexibility index (Phi) is 8.86. The van der Waals surface area contributed by atoms with E-state index in [4.69, 9.17) is 15.6 Å². The minimum absolute atomic E-state index is 0.0754. The van der Waals surface area contributed by atoms with Crippen molar-refractivity contribution in [3.63, 3.8) is 0 Å². The van der Waals surface area contributed by atoms with Crippen molar-refractivity contribution in [2.45, 2.75) is 38.7 Å². The second-order valence-corrected chi connectivity index (χ2v) is 9.27. The van der Waals surface area contributed by atoms with Crippen molar-refractivity contribution in [2.75, 3.05) is 26.7 Å². The first-order valence-electron chi connectivity index (χ1n) is 11.8. The van der Waals surface area contributed by atoms with Crippen molar-refractivity contribution < 1.29 is 22.7 Å². The predicted molar refractivity (Wildman–Crippen MR) is 132 cm³/mol. The summed E-state index contributed by atoms with van der Waals surface area (Å²) in [5, 5.41) is 15.0. The zero-order valence-electron chi connectivity index (χ0n) is 20.5. The summed E-state index contributed by atoms with van der Waals surface area (Å²) in [6.45, 7) is 4.25. The highest BCUT2D eigenvalue weighted by Gasteiger charge is 2.53. The third-order valence-corrected chi connectivity index (χ3v) is 6.78. The molecule has 1 aliphatic carbocycles. The van der Waals surface area contributed by atoms with Crippen LogP contribution in [-0.2, 0) is 6.42 Å². The zero-order valence-corrected chi connectivity index (χ0v) is 20.5. The van der Waals surface area contributed by atoms with Gasteiger partial charge in [-0.3, -0.25) is 20.2 Å². The minimum atomic E-state index is -1.61. The zero-order chi connectivity index (χ0) is 26.5. The summed E-state index contributed by atoms with van der Waals surface area (Å²) in [6.07, 6.45) is 6.27. The third-order valence-electron chi connectivity index (χ3n) is 6.78. The topological polar surface area (TPSA) is 108 Å². The maximum absolute atomic E-state index is 14.1. The standard InChI is InChI=1S/C25H27F3N4O2.CH5N/c1-16-4-5-21(19(6-7-26)23(16)24(28)33)34-18-10-25(11-18)13-31(14-25)8-2-3-17-9-22(30)32(15-29)12-20(17)27;1-2/h4-7,9,12,15,18,29-30H,2-3,8,10-11,13-14H2,1H3;2H2,1H3/b7-6-,29-15?,30-22?;. The molecule has 4 rings (SSSR count). The number of nitrogens with zero attached hydrogens (tertiary/aromatic N) is 2. The predicted octanol–water partition coefficient (Wildman–Crippen LogP) is 3.97. The largest absolute Gasteiger partial charge is 0.490 e. The minimum Gasteiger partial charge on any atom is -0.490 e. The molecule has 1 saturated carbocycles. The van der Waals surface area contributed by atoms with E-state index >= 15 is 0 Å². The van der Waals surface area contributed by atoms with Gasteiger partial charge in [0.15, 0.2) is 0 Å². The van der Waals surface area contributed by atoms with Gasteiger partial charge in [-0.15, -0.1) is 0 Å². The maximum atomic E-state index is 14.1. The fraction of sp³-hybridized carbons (Fsp3) is 0.423. The van der Waals surface area contributed by atoms with E-state index in [1.54, 1.807) is 19.1 Å². The number of aryl methyl sites for hydroxylation is 2. The van der Waals surface area contributed by atoms with Gasteiger partial charge in [0.1, 0.15) is 17.1 Å². The number of ether oxygens (including phenoxy) is 1. The Hall–Kier alpha value is -3.24. The molecule has 2 heterocycles. The van der Waals surface area contributed by atoms with Gasteiger partial charge in [-0.2, -0.15) is 4.39 Å². The molecule has 4 N–H and O–H groups in total. The number of hydrogen-bond acceptors (Lipinski definition) is 6. The molecule has 1 aromatic heterocycles. The van der Waals surface area contributed by atoms with Crippen LogP contribution in [0.4, 0.5) is 13.2 Å². The first kappa shape index (κ1) is 27.3. The van der Waals surface area contributed by atoms with Gasteiger partial charge in [-0.1, -0.05) is 6.07 Å². The van der Waals surface area contributed by atoms with Gasteiger partial charge in [0, 0.05) is 30.3 Å². The van der Waals surface area contributed by atoms with Crippen LogP contribution < -0.4 is 16.0 Å². The van der Waals surface area contributed by atoms with Crippen LogP contribution in [0.2, 0.25) is 0 Å². The van der Waals surface area contributed by atoms with E-state index in [1.807, 2.05) is 0 Å². The van der Waals surface area contributed by atoms with Gasteiger partial charge in [-0.05, 0) is 75.5 Å². The third kappa shape index (κ3) is 5.76. The Balaban J connectivity index is 0.00000176. The summed E-state index contributed by atoms with van der Waals surface area (Å²) < 4.78 is 47.6. The lowest BCUT2D eigenvalue weighted by molar-refractivity contribution is -0.119. The van der Waals surface area contributed by atoms with Crippen molar-refractivity contribution >= 4 is 18.5 Å². The Morgan fingerprint density at radius 1 is 1.31 bits per heavy atom. The summed E-state index contributed by atoms with van der Waals surface area (Å²) in [5.74, 6) is -0.103. The Morgan fingerprint density at radius 2 is 2.00 bits per heavy atom. The van der Waals surface area contributed by atoms with E-state index in [9.17, 15) is 18.0 Å². The molecule has 194 valence electrons. The van der Waals surface area contributed by atoms with Crippen LogP contribution >= 0.6 is 0 Å². The van der Waals surface area contributed by atoms with Crippen molar-refractivity contribution in [1.29, 1.82) is 10.8 Å². The van der Waals surface area contributed by atoms with E-state index < -0.39 is 11.9 Å². The van der Waals surface area contributed by atoms with Crippen LogP contribution in [-0.4, -0.2) is 54.6 Å². The second-order valence-electron chi connectivity index (χ2n) is 9.27. The monoisotopic (exact) mass is 503 g/mol. The summed E-state index contributed by atoms with van der Waals surface area (Å²) >= 11 is 0. The highest BCUT2D eigenvalue weighted by molar-refractivity contribution is 5.95. The van der Waals surface area contributed by atoms with Crippen LogP contribution in [0.25, 0.3) is 6.08 Å². The van der Waals surface area contributed by atoms with Gasteiger partial charge >= 0.3 is 6.04 Å². The molecule has 0 atom stereocenters. The summed E-state index contributed by atoms with van der Waals surface area (Å²) in [7, 11) is 1.50. The highest BCUT2D eigenvalue weighted by atomic mass is 19.1. The molecule has 1 aliphatic heterocycles. The van der Waals surface area contributed by atoms with Gasteiger partial charge < -0.3 is 15.4 Å². The van der Waals surface area contributed by atoms with Gasteiger partial charge in [0.25, 0.3) is 0 Å². The molecule has 10 heteroatoms. The molecule has 1 spiro atoms. The summed E-state index contributed by atoms with van der Waals surface area (Å²) in [4.78, 5) is 13.7. The fourth-order valence-corrected chi connectivity index (χ4v) is 5.16. The molecular formula is C26H32F3N5O2. The molecule has 36 heavy (non-hydrogen) atoms. The van der Waals surface area contributed by atoms with Crippen LogP contribution in [0, 0.1) is 29.0 Å². The Labute approximate surface area is 208 Å². The maximum Gasteiger partial charge on any atom is 0.333 e. The number of pyridine rings is 1. The molecule has 2 aliphatic rings. The first-order valence-corrected chi connectivity index (χ1v) is 11.8. The fourth-order valence-electron chi connectivity index (χ4n) is 5.16. The SMILES string of the molecule is CN.Cc1ccc(OC2CC3(C2)CN(CCCc2cc(=N)n(C=N)cc2F)C3)c(/C=C\F)c1C(=O)F. The van der Waals surface area contributed by atoms with E-state index in [0.717, 1.165) is 62.1 Å². The summed E-state index contributed by atoms with van der Waals surface area (Å²) in [6, 6.07) is 3.09. The average molecular weight is 504 g/mol. The quantitative estimate of drug-likeness (QED) is 0.273. The molecule has 7 nitrogen and oxygen atoms in total. The lowest BCUT2D eigenvalue weighted by Crippen LogP contribution is -2.64.